The Hall–Kier alpha value is -2.41. The fourth-order valence-electron chi connectivity index (χ4n) is 2.53. The third-order valence-corrected chi connectivity index (χ3v) is 4.80. The average molecular weight is 356 g/mol. The fraction of sp³-hybridized carbons (Fsp3) is 0.333. The minimum Gasteiger partial charge on any atom is -0.468 e. The molecule has 3 rings (SSSR count). The molecule has 0 radical (unpaired) electrons. The van der Waals surface area contributed by atoms with Crippen LogP contribution in [0.3, 0.4) is 0 Å². The molecule has 0 atom stereocenters. The monoisotopic (exact) mass is 356 g/mol. The molecule has 0 fully saturated rings. The number of benzene rings is 1. The van der Waals surface area contributed by atoms with Crippen molar-refractivity contribution >= 4 is 28.6 Å². The van der Waals surface area contributed by atoms with Crippen molar-refractivity contribution in [2.45, 2.75) is 31.7 Å². The first-order valence-corrected chi connectivity index (χ1v) is 9.00. The number of aryl methyl sites for hydroxylation is 1. The van der Waals surface area contributed by atoms with Crippen molar-refractivity contribution in [1.29, 1.82) is 0 Å². The highest BCUT2D eigenvalue weighted by atomic mass is 32.2. The van der Waals surface area contributed by atoms with Gasteiger partial charge in [0, 0.05) is 5.39 Å². The number of carbonyl (C=O) groups is 1. The summed E-state index contributed by atoms with van der Waals surface area (Å²) in [7, 11) is 1.38. The third kappa shape index (κ3) is 3.51. The standard InChI is InChI=1S/C18H20N4O2S/c1-11(2)16-14-9-19-22(13-7-5-12(3)6-8-13)17(14)18(21-20-16)25-10-15(23)24-4/h5-9,11H,10H2,1-4H3. The number of carbonyl (C=O) groups excluding carboxylic acids is 1. The highest BCUT2D eigenvalue weighted by Crippen LogP contribution is 2.31. The Morgan fingerprint density at radius 2 is 1.96 bits per heavy atom. The van der Waals surface area contributed by atoms with E-state index in [-0.39, 0.29) is 17.6 Å². The molecule has 2 heterocycles. The molecular weight excluding hydrogens is 336 g/mol. The molecule has 1 aromatic carbocycles. The number of aromatic nitrogens is 4. The Kier molecular flexibility index (Phi) is 5.03. The molecule has 0 bridgehead atoms. The molecule has 6 nitrogen and oxygen atoms in total. The molecule has 0 N–H and O–H groups in total. The second-order valence-corrected chi connectivity index (χ2v) is 7.03. The molecule has 3 aromatic rings. The number of rotatable bonds is 5. The van der Waals surface area contributed by atoms with Crippen LogP contribution in [-0.2, 0) is 9.53 Å². The first-order valence-electron chi connectivity index (χ1n) is 8.02. The van der Waals surface area contributed by atoms with Crippen LogP contribution in [-0.4, -0.2) is 38.8 Å². The molecule has 0 saturated carbocycles. The topological polar surface area (TPSA) is 69.9 Å². The van der Waals surface area contributed by atoms with E-state index in [0.29, 0.717) is 5.03 Å². The molecule has 0 saturated heterocycles. The Morgan fingerprint density at radius 3 is 2.60 bits per heavy atom. The van der Waals surface area contributed by atoms with Crippen LogP contribution in [0.25, 0.3) is 16.6 Å². The van der Waals surface area contributed by atoms with Crippen molar-refractivity contribution in [1.82, 2.24) is 20.0 Å². The third-order valence-electron chi connectivity index (χ3n) is 3.88. The van der Waals surface area contributed by atoms with Crippen molar-refractivity contribution in [2.24, 2.45) is 0 Å². The predicted octanol–water partition coefficient (Wildman–Crippen LogP) is 3.51. The second-order valence-electron chi connectivity index (χ2n) is 6.06. The van der Waals surface area contributed by atoms with Crippen LogP contribution in [0.15, 0.2) is 35.5 Å². The van der Waals surface area contributed by atoms with Crippen molar-refractivity contribution in [3.63, 3.8) is 0 Å². The maximum absolute atomic E-state index is 11.5. The lowest BCUT2D eigenvalue weighted by molar-refractivity contribution is -0.137. The van der Waals surface area contributed by atoms with E-state index in [1.165, 1.54) is 24.4 Å². The van der Waals surface area contributed by atoms with Crippen LogP contribution in [0.2, 0.25) is 0 Å². The lowest BCUT2D eigenvalue weighted by Crippen LogP contribution is -2.06. The van der Waals surface area contributed by atoms with Crippen LogP contribution in [0, 0.1) is 6.92 Å². The average Bonchev–Trinajstić information content (AvgIpc) is 3.05. The van der Waals surface area contributed by atoms with Gasteiger partial charge in [0.15, 0.2) is 0 Å². The van der Waals surface area contributed by atoms with Crippen molar-refractivity contribution < 1.29 is 9.53 Å². The summed E-state index contributed by atoms with van der Waals surface area (Å²) in [6.07, 6.45) is 1.82. The van der Waals surface area contributed by atoms with E-state index in [2.05, 4.69) is 29.1 Å². The summed E-state index contributed by atoms with van der Waals surface area (Å²) in [6.45, 7) is 6.20. The largest absolute Gasteiger partial charge is 0.468 e. The van der Waals surface area contributed by atoms with Gasteiger partial charge in [0.1, 0.15) is 10.5 Å². The summed E-state index contributed by atoms with van der Waals surface area (Å²) in [5.41, 5.74) is 3.90. The van der Waals surface area contributed by atoms with Gasteiger partial charge < -0.3 is 4.74 Å². The van der Waals surface area contributed by atoms with Gasteiger partial charge in [-0.3, -0.25) is 4.79 Å². The Morgan fingerprint density at radius 1 is 1.24 bits per heavy atom. The zero-order valence-corrected chi connectivity index (χ0v) is 15.5. The highest BCUT2D eigenvalue weighted by Gasteiger charge is 2.19. The predicted molar refractivity (Wildman–Crippen MR) is 98.2 cm³/mol. The molecule has 0 amide bonds. The Bertz CT molecular complexity index is 903. The first-order chi connectivity index (χ1) is 12.0. The number of nitrogens with zero attached hydrogens (tertiary/aromatic N) is 4. The summed E-state index contributed by atoms with van der Waals surface area (Å²) in [6, 6.07) is 8.13. The summed E-state index contributed by atoms with van der Waals surface area (Å²) < 4.78 is 6.58. The van der Waals surface area contributed by atoms with E-state index in [4.69, 9.17) is 4.74 Å². The fourth-order valence-corrected chi connectivity index (χ4v) is 3.34. The van der Waals surface area contributed by atoms with Gasteiger partial charge in [0.25, 0.3) is 0 Å². The molecule has 0 spiro atoms. The molecule has 130 valence electrons. The Labute approximate surface area is 150 Å². The number of hydrogen-bond acceptors (Lipinski definition) is 6. The van der Waals surface area contributed by atoms with E-state index >= 15 is 0 Å². The van der Waals surface area contributed by atoms with Crippen LogP contribution < -0.4 is 0 Å². The van der Waals surface area contributed by atoms with E-state index in [1.54, 1.807) is 0 Å². The van der Waals surface area contributed by atoms with Gasteiger partial charge in [-0.1, -0.05) is 43.3 Å². The summed E-state index contributed by atoms with van der Waals surface area (Å²) in [5.74, 6) is 0.111. The van der Waals surface area contributed by atoms with Gasteiger partial charge in [0.2, 0.25) is 0 Å². The minimum atomic E-state index is -0.297. The maximum Gasteiger partial charge on any atom is 0.316 e. The number of fused-ring (bicyclic) bond motifs is 1. The number of hydrogen-bond donors (Lipinski definition) is 0. The SMILES string of the molecule is COC(=O)CSc1nnc(C(C)C)c2cnn(-c3ccc(C)cc3)c12. The van der Waals surface area contributed by atoms with E-state index in [9.17, 15) is 4.79 Å². The van der Waals surface area contributed by atoms with Gasteiger partial charge in [-0.05, 0) is 25.0 Å². The number of esters is 1. The van der Waals surface area contributed by atoms with Gasteiger partial charge in [-0.2, -0.15) is 10.2 Å². The molecule has 0 aliphatic rings. The zero-order chi connectivity index (χ0) is 18.0. The molecule has 25 heavy (non-hydrogen) atoms. The first kappa shape index (κ1) is 17.4. The molecule has 0 aliphatic heterocycles. The summed E-state index contributed by atoms with van der Waals surface area (Å²) in [5, 5.41) is 14.9. The Balaban J connectivity index is 2.15. The maximum atomic E-state index is 11.5. The molecule has 0 unspecified atom stereocenters. The molecule has 0 aliphatic carbocycles. The van der Waals surface area contributed by atoms with Gasteiger partial charge >= 0.3 is 5.97 Å². The zero-order valence-electron chi connectivity index (χ0n) is 14.7. The molecular formula is C18H20N4O2S. The van der Waals surface area contributed by atoms with Crippen LogP contribution in [0.4, 0.5) is 0 Å². The van der Waals surface area contributed by atoms with E-state index < -0.39 is 0 Å². The normalized spacial score (nSPS) is 11.2. The van der Waals surface area contributed by atoms with Crippen molar-refractivity contribution in [3.8, 4) is 5.69 Å². The highest BCUT2D eigenvalue weighted by molar-refractivity contribution is 8.00. The lowest BCUT2D eigenvalue weighted by Gasteiger charge is -2.10. The molecule has 2 aromatic heterocycles. The minimum absolute atomic E-state index is 0.181. The van der Waals surface area contributed by atoms with Crippen LogP contribution >= 0.6 is 11.8 Å². The molecule has 7 heteroatoms. The number of thioether (sulfide) groups is 1. The number of methoxy groups -OCH3 is 1. The van der Waals surface area contributed by atoms with E-state index in [1.807, 2.05) is 42.1 Å². The second kappa shape index (κ2) is 7.23. The lowest BCUT2D eigenvalue weighted by atomic mass is 10.1. The van der Waals surface area contributed by atoms with Gasteiger partial charge in [0.05, 0.1) is 30.4 Å². The summed E-state index contributed by atoms with van der Waals surface area (Å²) >= 11 is 1.31. The van der Waals surface area contributed by atoms with Gasteiger partial charge in [-0.15, -0.1) is 5.10 Å². The van der Waals surface area contributed by atoms with Crippen LogP contribution in [0.1, 0.15) is 31.0 Å². The number of ether oxygens (including phenoxy) is 1. The van der Waals surface area contributed by atoms with Gasteiger partial charge in [-0.25, -0.2) is 4.68 Å². The van der Waals surface area contributed by atoms with Crippen molar-refractivity contribution in [2.75, 3.05) is 12.9 Å². The smallest absolute Gasteiger partial charge is 0.316 e. The summed E-state index contributed by atoms with van der Waals surface area (Å²) in [4.78, 5) is 11.5. The quantitative estimate of drug-likeness (QED) is 0.515. The van der Waals surface area contributed by atoms with E-state index in [0.717, 1.165) is 22.3 Å². The van der Waals surface area contributed by atoms with Crippen LogP contribution in [0.5, 0.6) is 0 Å². The van der Waals surface area contributed by atoms with Crippen molar-refractivity contribution in [3.05, 3.63) is 41.7 Å².